The van der Waals surface area contributed by atoms with Gasteiger partial charge in [-0.1, -0.05) is 13.8 Å². The summed E-state index contributed by atoms with van der Waals surface area (Å²) in [6.45, 7) is 4.69. The van der Waals surface area contributed by atoms with Crippen molar-refractivity contribution in [2.24, 2.45) is 34.5 Å². The Bertz CT molecular complexity index is 718. The molecular weight excluding hydrogens is 356 g/mol. The minimum Gasteiger partial charge on any atom is -0.458 e. The second-order valence-electron chi connectivity index (χ2n) is 10.8. The summed E-state index contributed by atoms with van der Waals surface area (Å²) in [4.78, 5) is 11.6. The topological polar surface area (TPSA) is 87.0 Å². The molecule has 9 atom stereocenters. The fraction of sp³-hybridized carbons (Fsp3) is 0.870. The van der Waals surface area contributed by atoms with Crippen LogP contribution in [0.25, 0.3) is 0 Å². The van der Waals surface area contributed by atoms with E-state index in [2.05, 4.69) is 6.92 Å². The van der Waals surface area contributed by atoms with Gasteiger partial charge in [-0.05, 0) is 86.0 Å². The first kappa shape index (κ1) is 19.1. The molecule has 4 fully saturated rings. The molecule has 5 heteroatoms. The SMILES string of the molecule is C[C@@]12CC[C@H](O)C[C@@H]1CC[C@H]1[C@H]2C[C@@H](O)[C@]2(C)[C@@H](C3=CC(=O)OC3)CC[C@@]12O. The van der Waals surface area contributed by atoms with Crippen LogP contribution >= 0.6 is 0 Å². The standard InChI is InChI=1S/C23H34O5/c1-21-7-5-15(24)10-14(21)3-4-17-18(21)11-19(25)22(2)16(6-8-23(17,22)27)13-9-20(26)28-12-13/h9,14-19,24-25,27H,3-8,10-12H2,1-2H3/t14-,15-,16+,17-,18+,19+,21+,22-,23+/m0/s1. The van der Waals surface area contributed by atoms with Gasteiger partial charge in [-0.3, -0.25) is 0 Å². The fourth-order valence-corrected chi connectivity index (χ4v) is 8.37. The number of aliphatic hydroxyl groups excluding tert-OH is 2. The lowest BCUT2D eigenvalue weighted by atomic mass is 9.42. The molecule has 156 valence electrons. The number of cyclic esters (lactones) is 1. The third-order valence-electron chi connectivity index (χ3n) is 10.0. The average molecular weight is 391 g/mol. The molecular formula is C23H34O5. The summed E-state index contributed by atoms with van der Waals surface area (Å²) in [5.41, 5.74) is -0.507. The highest BCUT2D eigenvalue weighted by molar-refractivity contribution is 5.85. The minimum absolute atomic E-state index is 0.00129. The highest BCUT2D eigenvalue weighted by atomic mass is 16.5. The van der Waals surface area contributed by atoms with Crippen molar-refractivity contribution in [2.45, 2.75) is 83.0 Å². The van der Waals surface area contributed by atoms with Crippen molar-refractivity contribution in [1.29, 1.82) is 0 Å². The Kier molecular flexibility index (Phi) is 4.12. The zero-order valence-electron chi connectivity index (χ0n) is 17.1. The Morgan fingerprint density at radius 1 is 1.04 bits per heavy atom. The molecule has 0 amide bonds. The van der Waals surface area contributed by atoms with Crippen LogP contribution in [0, 0.1) is 34.5 Å². The number of carbonyl (C=O) groups is 1. The molecule has 5 nitrogen and oxygen atoms in total. The molecule has 28 heavy (non-hydrogen) atoms. The Morgan fingerprint density at radius 3 is 2.54 bits per heavy atom. The largest absolute Gasteiger partial charge is 0.458 e. The molecule has 0 spiro atoms. The molecule has 5 aliphatic rings. The van der Waals surface area contributed by atoms with Crippen LogP contribution in [0.1, 0.15) is 65.2 Å². The number of hydrogen-bond donors (Lipinski definition) is 3. The van der Waals surface area contributed by atoms with Gasteiger partial charge in [0.05, 0.1) is 17.8 Å². The van der Waals surface area contributed by atoms with Crippen LogP contribution in [0.5, 0.6) is 0 Å². The van der Waals surface area contributed by atoms with Gasteiger partial charge in [0.15, 0.2) is 0 Å². The maximum atomic E-state index is 12.1. The van der Waals surface area contributed by atoms with Gasteiger partial charge < -0.3 is 20.1 Å². The predicted octanol–water partition coefficient (Wildman–Crippen LogP) is 2.58. The van der Waals surface area contributed by atoms with Crippen LogP contribution in [0.15, 0.2) is 11.6 Å². The molecule has 3 N–H and O–H groups in total. The molecule has 0 radical (unpaired) electrons. The first-order valence-electron chi connectivity index (χ1n) is 11.2. The molecule has 0 unspecified atom stereocenters. The Labute approximate surface area is 167 Å². The van der Waals surface area contributed by atoms with E-state index in [1.54, 1.807) is 6.08 Å². The Morgan fingerprint density at radius 2 is 1.82 bits per heavy atom. The van der Waals surface area contributed by atoms with E-state index in [9.17, 15) is 20.1 Å². The first-order chi connectivity index (χ1) is 13.2. The second kappa shape index (κ2) is 6.05. The molecule has 1 heterocycles. The van der Waals surface area contributed by atoms with E-state index < -0.39 is 17.1 Å². The van der Waals surface area contributed by atoms with Crippen molar-refractivity contribution in [3.63, 3.8) is 0 Å². The molecule has 0 bridgehead atoms. The van der Waals surface area contributed by atoms with Crippen molar-refractivity contribution < 1.29 is 24.9 Å². The summed E-state index contributed by atoms with van der Waals surface area (Å²) in [6.07, 6.45) is 7.69. The van der Waals surface area contributed by atoms with Crippen LogP contribution in [-0.2, 0) is 9.53 Å². The summed E-state index contributed by atoms with van der Waals surface area (Å²) < 4.78 is 5.16. The number of hydrogen-bond acceptors (Lipinski definition) is 5. The normalized spacial score (nSPS) is 55.8. The van der Waals surface area contributed by atoms with E-state index in [4.69, 9.17) is 4.74 Å². The summed E-state index contributed by atoms with van der Waals surface area (Å²) in [5.74, 6) is 0.657. The van der Waals surface area contributed by atoms with Gasteiger partial charge in [0.25, 0.3) is 0 Å². The molecule has 1 aliphatic heterocycles. The lowest BCUT2D eigenvalue weighted by molar-refractivity contribution is -0.244. The van der Waals surface area contributed by atoms with Gasteiger partial charge in [0.1, 0.15) is 6.61 Å². The van der Waals surface area contributed by atoms with Gasteiger partial charge in [-0.15, -0.1) is 0 Å². The Balaban J connectivity index is 1.51. The Hall–Kier alpha value is -0.910. The number of fused-ring (bicyclic) bond motifs is 5. The van der Waals surface area contributed by atoms with E-state index in [0.29, 0.717) is 31.3 Å². The van der Waals surface area contributed by atoms with Crippen LogP contribution in [-0.4, -0.2) is 45.7 Å². The molecule has 4 saturated carbocycles. The highest BCUT2D eigenvalue weighted by Crippen LogP contribution is 2.69. The molecule has 0 saturated heterocycles. The summed E-state index contributed by atoms with van der Waals surface area (Å²) in [7, 11) is 0. The molecule has 0 aromatic carbocycles. The summed E-state index contributed by atoms with van der Waals surface area (Å²) in [6, 6.07) is 0. The van der Waals surface area contributed by atoms with E-state index in [1.165, 1.54) is 0 Å². The van der Waals surface area contributed by atoms with E-state index >= 15 is 0 Å². The molecule has 0 aromatic rings. The first-order valence-corrected chi connectivity index (χ1v) is 11.2. The van der Waals surface area contributed by atoms with Crippen molar-refractivity contribution >= 4 is 5.97 Å². The van der Waals surface area contributed by atoms with Crippen LogP contribution in [0.4, 0.5) is 0 Å². The smallest absolute Gasteiger partial charge is 0.331 e. The lowest BCUT2D eigenvalue weighted by Gasteiger charge is -2.64. The van der Waals surface area contributed by atoms with E-state index in [1.807, 2.05) is 6.92 Å². The number of carbonyl (C=O) groups excluding carboxylic acids is 1. The second-order valence-corrected chi connectivity index (χ2v) is 10.8. The maximum Gasteiger partial charge on any atom is 0.331 e. The lowest BCUT2D eigenvalue weighted by Crippen LogP contribution is -2.67. The van der Waals surface area contributed by atoms with Gasteiger partial charge in [0.2, 0.25) is 0 Å². The van der Waals surface area contributed by atoms with Crippen molar-refractivity contribution in [1.82, 2.24) is 0 Å². The van der Waals surface area contributed by atoms with Gasteiger partial charge in [-0.25, -0.2) is 4.79 Å². The minimum atomic E-state index is -0.906. The maximum absolute atomic E-state index is 12.1. The van der Waals surface area contributed by atoms with Crippen LogP contribution in [0.3, 0.4) is 0 Å². The fourth-order valence-electron chi connectivity index (χ4n) is 8.37. The molecule has 5 rings (SSSR count). The number of ether oxygens (including phenoxy) is 1. The van der Waals surface area contributed by atoms with Crippen molar-refractivity contribution in [2.75, 3.05) is 6.61 Å². The van der Waals surface area contributed by atoms with Crippen LogP contribution in [0.2, 0.25) is 0 Å². The van der Waals surface area contributed by atoms with Crippen molar-refractivity contribution in [3.8, 4) is 0 Å². The van der Waals surface area contributed by atoms with E-state index in [-0.39, 0.29) is 29.3 Å². The van der Waals surface area contributed by atoms with Gasteiger partial charge in [-0.2, -0.15) is 0 Å². The highest BCUT2D eigenvalue weighted by Gasteiger charge is 2.70. The zero-order chi connectivity index (χ0) is 19.9. The zero-order valence-corrected chi connectivity index (χ0v) is 17.1. The average Bonchev–Trinajstić information content (AvgIpc) is 3.19. The number of rotatable bonds is 1. The molecule has 4 aliphatic carbocycles. The third-order valence-corrected chi connectivity index (χ3v) is 10.0. The number of esters is 1. The van der Waals surface area contributed by atoms with Gasteiger partial charge in [0, 0.05) is 11.5 Å². The van der Waals surface area contributed by atoms with Crippen LogP contribution < -0.4 is 0 Å². The summed E-state index contributed by atoms with van der Waals surface area (Å²) >= 11 is 0. The van der Waals surface area contributed by atoms with Crippen molar-refractivity contribution in [3.05, 3.63) is 11.6 Å². The molecule has 0 aromatic heterocycles. The third kappa shape index (κ3) is 2.27. The predicted molar refractivity (Wildman–Crippen MR) is 103 cm³/mol. The van der Waals surface area contributed by atoms with E-state index in [0.717, 1.165) is 44.1 Å². The monoisotopic (exact) mass is 390 g/mol. The van der Waals surface area contributed by atoms with Gasteiger partial charge >= 0.3 is 5.97 Å². The summed E-state index contributed by atoms with van der Waals surface area (Å²) in [5, 5.41) is 33.7. The number of aliphatic hydroxyl groups is 3. The quantitative estimate of drug-likeness (QED) is 0.599.